The normalized spacial score (nSPS) is 14.0. The van der Waals surface area contributed by atoms with E-state index in [0.29, 0.717) is 22.9 Å². The first-order chi connectivity index (χ1) is 9.07. The molecule has 4 nitrogen and oxygen atoms in total. The van der Waals surface area contributed by atoms with Gasteiger partial charge in [0.25, 0.3) is 0 Å². The summed E-state index contributed by atoms with van der Waals surface area (Å²) in [4.78, 5) is 0. The number of hydrogen-bond acceptors (Lipinski definition) is 4. The predicted molar refractivity (Wildman–Crippen MR) is 75.3 cm³/mol. The number of aliphatic hydroxyl groups excluding tert-OH is 2. The second-order valence-electron chi connectivity index (χ2n) is 4.41. The van der Waals surface area contributed by atoms with Gasteiger partial charge in [-0.1, -0.05) is 18.5 Å². The van der Waals surface area contributed by atoms with Gasteiger partial charge in [0.1, 0.15) is 11.5 Å². The summed E-state index contributed by atoms with van der Waals surface area (Å²) >= 11 is 6.14. The highest BCUT2D eigenvalue weighted by atomic mass is 35.5. The van der Waals surface area contributed by atoms with Crippen molar-refractivity contribution in [1.82, 2.24) is 0 Å². The third-order valence-electron chi connectivity index (χ3n) is 3.20. The molecule has 0 fully saturated rings. The summed E-state index contributed by atoms with van der Waals surface area (Å²) in [6.45, 7) is 1.77. The summed E-state index contributed by atoms with van der Waals surface area (Å²) in [5, 5.41) is 19.1. The number of rotatable bonds is 7. The molecule has 19 heavy (non-hydrogen) atoms. The average molecular weight is 289 g/mol. The highest BCUT2D eigenvalue weighted by molar-refractivity contribution is 6.32. The van der Waals surface area contributed by atoms with Crippen molar-refractivity contribution >= 4 is 11.6 Å². The lowest BCUT2D eigenvalue weighted by Crippen LogP contribution is -2.16. The van der Waals surface area contributed by atoms with Gasteiger partial charge in [0.05, 0.1) is 32.0 Å². The Hall–Kier alpha value is -0.970. The topological polar surface area (TPSA) is 58.9 Å². The molecular formula is C14H21ClO4. The minimum Gasteiger partial charge on any atom is -0.496 e. The quantitative estimate of drug-likeness (QED) is 0.810. The number of methoxy groups -OCH3 is 2. The SMILES string of the molecule is CCC(CC(O)CO)c1cc(Cl)c(OC)cc1OC. The van der Waals surface area contributed by atoms with Crippen molar-refractivity contribution in [2.45, 2.75) is 31.8 Å². The number of benzene rings is 1. The zero-order valence-electron chi connectivity index (χ0n) is 11.5. The fraction of sp³-hybridized carbons (Fsp3) is 0.571. The second-order valence-corrected chi connectivity index (χ2v) is 4.81. The van der Waals surface area contributed by atoms with Crippen LogP contribution >= 0.6 is 11.6 Å². The third-order valence-corrected chi connectivity index (χ3v) is 3.50. The van der Waals surface area contributed by atoms with E-state index in [0.717, 1.165) is 12.0 Å². The van der Waals surface area contributed by atoms with Gasteiger partial charge in [-0.25, -0.2) is 0 Å². The van der Waals surface area contributed by atoms with Gasteiger partial charge in [-0.3, -0.25) is 0 Å². The van der Waals surface area contributed by atoms with Gasteiger partial charge in [-0.05, 0) is 30.4 Å². The van der Waals surface area contributed by atoms with Crippen LogP contribution in [0, 0.1) is 0 Å². The van der Waals surface area contributed by atoms with E-state index in [1.54, 1.807) is 26.4 Å². The van der Waals surface area contributed by atoms with Crippen LogP contribution in [-0.4, -0.2) is 37.1 Å². The lowest BCUT2D eigenvalue weighted by molar-refractivity contribution is 0.0815. The maximum atomic E-state index is 9.61. The van der Waals surface area contributed by atoms with E-state index in [9.17, 15) is 5.11 Å². The molecule has 0 aromatic heterocycles. The molecule has 5 heteroatoms. The minimum atomic E-state index is -0.740. The molecule has 2 atom stereocenters. The largest absolute Gasteiger partial charge is 0.496 e. The van der Waals surface area contributed by atoms with E-state index in [1.807, 2.05) is 6.92 Å². The molecule has 0 radical (unpaired) electrons. The first kappa shape index (κ1) is 16.1. The number of ether oxygens (including phenoxy) is 2. The molecule has 0 aliphatic heterocycles. The van der Waals surface area contributed by atoms with Crippen molar-refractivity contribution in [3.63, 3.8) is 0 Å². The van der Waals surface area contributed by atoms with Gasteiger partial charge >= 0.3 is 0 Å². The van der Waals surface area contributed by atoms with Crippen LogP contribution in [0.3, 0.4) is 0 Å². The van der Waals surface area contributed by atoms with Gasteiger partial charge < -0.3 is 19.7 Å². The standard InChI is InChI=1S/C14H21ClO4/c1-4-9(5-10(17)8-16)11-6-12(15)14(19-3)7-13(11)18-2/h6-7,9-10,16-17H,4-5,8H2,1-3H3. The van der Waals surface area contributed by atoms with Crippen molar-refractivity contribution in [2.75, 3.05) is 20.8 Å². The van der Waals surface area contributed by atoms with Crippen molar-refractivity contribution in [2.24, 2.45) is 0 Å². The van der Waals surface area contributed by atoms with Gasteiger partial charge in [0.15, 0.2) is 0 Å². The van der Waals surface area contributed by atoms with Crippen LogP contribution in [-0.2, 0) is 0 Å². The Kier molecular flexibility index (Phi) is 6.42. The Morgan fingerprint density at radius 3 is 2.32 bits per heavy atom. The van der Waals surface area contributed by atoms with Crippen molar-refractivity contribution in [3.8, 4) is 11.5 Å². The Morgan fingerprint density at radius 2 is 1.84 bits per heavy atom. The van der Waals surface area contributed by atoms with Crippen LogP contribution in [0.4, 0.5) is 0 Å². The summed E-state index contributed by atoms with van der Waals surface area (Å²) in [6.07, 6.45) is 0.540. The predicted octanol–water partition coefficient (Wildman–Crippen LogP) is 2.59. The monoisotopic (exact) mass is 288 g/mol. The number of hydrogen-bond donors (Lipinski definition) is 2. The second kappa shape index (κ2) is 7.58. The van der Waals surface area contributed by atoms with Gasteiger partial charge in [0, 0.05) is 6.07 Å². The molecule has 0 bridgehead atoms. The van der Waals surface area contributed by atoms with E-state index in [-0.39, 0.29) is 12.5 Å². The van der Waals surface area contributed by atoms with Gasteiger partial charge in [0.2, 0.25) is 0 Å². The van der Waals surface area contributed by atoms with Crippen molar-refractivity contribution in [3.05, 3.63) is 22.7 Å². The van der Waals surface area contributed by atoms with E-state index >= 15 is 0 Å². The van der Waals surface area contributed by atoms with Crippen molar-refractivity contribution < 1.29 is 19.7 Å². The van der Waals surface area contributed by atoms with Crippen LogP contribution in [0.1, 0.15) is 31.2 Å². The average Bonchev–Trinajstić information content (AvgIpc) is 2.44. The first-order valence-corrected chi connectivity index (χ1v) is 6.65. The van der Waals surface area contributed by atoms with Gasteiger partial charge in [-0.15, -0.1) is 0 Å². The van der Waals surface area contributed by atoms with Crippen molar-refractivity contribution in [1.29, 1.82) is 0 Å². The third kappa shape index (κ3) is 4.00. The van der Waals surface area contributed by atoms with Crippen LogP contribution in [0.2, 0.25) is 5.02 Å². The van der Waals surface area contributed by atoms with Crippen LogP contribution in [0.25, 0.3) is 0 Å². The Balaban J connectivity index is 3.11. The maximum Gasteiger partial charge on any atom is 0.141 e. The molecular weight excluding hydrogens is 268 g/mol. The maximum absolute atomic E-state index is 9.61. The zero-order valence-corrected chi connectivity index (χ0v) is 12.3. The molecule has 0 aliphatic carbocycles. The van der Waals surface area contributed by atoms with Crippen LogP contribution in [0.15, 0.2) is 12.1 Å². The first-order valence-electron chi connectivity index (χ1n) is 6.27. The molecule has 2 unspecified atom stereocenters. The minimum absolute atomic E-state index is 0.0699. The Morgan fingerprint density at radius 1 is 1.21 bits per heavy atom. The molecule has 2 N–H and O–H groups in total. The molecule has 108 valence electrons. The summed E-state index contributed by atoms with van der Waals surface area (Å²) in [5.41, 5.74) is 0.920. The fourth-order valence-corrected chi connectivity index (χ4v) is 2.37. The molecule has 0 heterocycles. The molecule has 0 aliphatic rings. The van der Waals surface area contributed by atoms with E-state index in [2.05, 4.69) is 0 Å². The Labute approximate surface area is 118 Å². The van der Waals surface area contributed by atoms with E-state index in [4.69, 9.17) is 26.2 Å². The summed E-state index contributed by atoms with van der Waals surface area (Å²) in [5.74, 6) is 1.30. The highest BCUT2D eigenvalue weighted by Crippen LogP contribution is 2.39. The number of aliphatic hydroxyl groups is 2. The van der Waals surface area contributed by atoms with Crippen LogP contribution in [0.5, 0.6) is 11.5 Å². The van der Waals surface area contributed by atoms with E-state index in [1.165, 1.54) is 0 Å². The molecule has 0 saturated heterocycles. The zero-order chi connectivity index (χ0) is 14.4. The fourth-order valence-electron chi connectivity index (χ4n) is 2.12. The van der Waals surface area contributed by atoms with E-state index < -0.39 is 6.10 Å². The summed E-state index contributed by atoms with van der Waals surface area (Å²) in [6, 6.07) is 3.54. The molecule has 1 aromatic rings. The van der Waals surface area contributed by atoms with Gasteiger partial charge in [-0.2, -0.15) is 0 Å². The highest BCUT2D eigenvalue weighted by Gasteiger charge is 2.20. The van der Waals surface area contributed by atoms with Crippen LogP contribution < -0.4 is 9.47 Å². The molecule has 0 spiro atoms. The lowest BCUT2D eigenvalue weighted by Gasteiger charge is -2.21. The molecule has 0 amide bonds. The summed E-state index contributed by atoms with van der Waals surface area (Å²) in [7, 11) is 3.13. The molecule has 1 rings (SSSR count). The molecule has 0 saturated carbocycles. The number of halogens is 1. The smallest absolute Gasteiger partial charge is 0.141 e. The lowest BCUT2D eigenvalue weighted by atomic mass is 9.90. The Bertz CT molecular complexity index is 409. The summed E-state index contributed by atoms with van der Waals surface area (Å²) < 4.78 is 10.5. The molecule has 1 aromatic carbocycles.